The number of ether oxygens (including phenoxy) is 2. The lowest BCUT2D eigenvalue weighted by atomic mass is 10.1. The van der Waals surface area contributed by atoms with Gasteiger partial charge in [-0.05, 0) is 42.3 Å². The van der Waals surface area contributed by atoms with Crippen molar-refractivity contribution in [3.05, 3.63) is 59.2 Å². The van der Waals surface area contributed by atoms with E-state index < -0.39 is 0 Å². The van der Waals surface area contributed by atoms with Gasteiger partial charge in [0.25, 0.3) is 0 Å². The van der Waals surface area contributed by atoms with Gasteiger partial charge in [0.15, 0.2) is 0 Å². The Morgan fingerprint density at radius 3 is 2.74 bits per heavy atom. The van der Waals surface area contributed by atoms with Crippen molar-refractivity contribution in [1.82, 2.24) is 0 Å². The van der Waals surface area contributed by atoms with Crippen LogP contribution in [0.1, 0.15) is 16.7 Å². The third-order valence-electron chi connectivity index (χ3n) is 2.69. The third-order valence-corrected chi connectivity index (χ3v) is 2.69. The minimum absolute atomic E-state index is 0.530. The summed E-state index contributed by atoms with van der Waals surface area (Å²) < 4.78 is 10.9. The Morgan fingerprint density at radius 1 is 1.16 bits per heavy atom. The monoisotopic (exact) mass is 253 g/mol. The zero-order valence-corrected chi connectivity index (χ0v) is 11.0. The van der Waals surface area contributed by atoms with Gasteiger partial charge < -0.3 is 9.47 Å². The second-order valence-corrected chi connectivity index (χ2v) is 4.29. The summed E-state index contributed by atoms with van der Waals surface area (Å²) in [6.07, 6.45) is 0. The van der Waals surface area contributed by atoms with Crippen molar-refractivity contribution in [3.63, 3.8) is 0 Å². The highest BCUT2D eigenvalue weighted by Crippen LogP contribution is 2.26. The Hall–Kier alpha value is -2.31. The molecule has 19 heavy (non-hydrogen) atoms. The summed E-state index contributed by atoms with van der Waals surface area (Å²) in [6, 6.07) is 15.3. The van der Waals surface area contributed by atoms with Crippen LogP contribution in [0, 0.1) is 18.3 Å². The molecule has 0 atom stereocenters. The van der Waals surface area contributed by atoms with Crippen LogP contribution in [0.3, 0.4) is 0 Å². The van der Waals surface area contributed by atoms with E-state index in [2.05, 4.69) is 6.07 Å². The zero-order chi connectivity index (χ0) is 13.7. The normalized spacial score (nSPS) is 9.95. The van der Waals surface area contributed by atoms with Gasteiger partial charge in [0.05, 0.1) is 12.2 Å². The summed E-state index contributed by atoms with van der Waals surface area (Å²) in [5.41, 5.74) is 2.62. The molecule has 0 aliphatic heterocycles. The maximum absolute atomic E-state index is 9.08. The average molecular weight is 253 g/mol. The Labute approximate surface area is 113 Å². The van der Waals surface area contributed by atoms with Gasteiger partial charge in [0, 0.05) is 7.11 Å². The molecule has 0 aliphatic rings. The molecule has 2 aromatic rings. The predicted octanol–water partition coefficient (Wildman–Crippen LogP) is 3.81. The minimum atomic E-state index is 0.530. The molecule has 3 nitrogen and oxygen atoms in total. The number of rotatable bonds is 4. The van der Waals surface area contributed by atoms with E-state index in [4.69, 9.17) is 14.7 Å². The molecule has 0 saturated carbocycles. The number of nitrogens with zero attached hydrogens (tertiary/aromatic N) is 1. The number of methoxy groups -OCH3 is 1. The molecule has 0 radical (unpaired) electrons. The lowest BCUT2D eigenvalue weighted by Gasteiger charge is -2.09. The lowest BCUT2D eigenvalue weighted by Crippen LogP contribution is -1.92. The SMILES string of the molecule is COCc1cccc(Oc2cc(C)ccc2C#N)c1. The van der Waals surface area contributed by atoms with Gasteiger partial charge in [-0.15, -0.1) is 0 Å². The van der Waals surface area contributed by atoms with E-state index >= 15 is 0 Å². The van der Waals surface area contributed by atoms with E-state index in [1.54, 1.807) is 13.2 Å². The first kappa shape index (κ1) is 13.1. The van der Waals surface area contributed by atoms with E-state index in [0.717, 1.165) is 11.1 Å². The molecular weight excluding hydrogens is 238 g/mol. The molecule has 0 heterocycles. The highest BCUT2D eigenvalue weighted by molar-refractivity contribution is 5.47. The van der Waals surface area contributed by atoms with Crippen molar-refractivity contribution in [3.8, 4) is 17.6 Å². The Kier molecular flexibility index (Phi) is 4.17. The summed E-state index contributed by atoms with van der Waals surface area (Å²) >= 11 is 0. The van der Waals surface area contributed by atoms with E-state index in [9.17, 15) is 0 Å². The summed E-state index contributed by atoms with van der Waals surface area (Å²) in [5.74, 6) is 1.29. The Bertz CT molecular complexity index is 614. The summed E-state index contributed by atoms with van der Waals surface area (Å²) in [7, 11) is 1.65. The predicted molar refractivity (Wildman–Crippen MR) is 73.1 cm³/mol. The molecule has 0 fully saturated rings. The van der Waals surface area contributed by atoms with Gasteiger partial charge in [0.1, 0.15) is 17.6 Å². The van der Waals surface area contributed by atoms with E-state index in [-0.39, 0.29) is 0 Å². The number of nitriles is 1. The van der Waals surface area contributed by atoms with Crippen molar-refractivity contribution in [1.29, 1.82) is 5.26 Å². The molecule has 0 aliphatic carbocycles. The standard InChI is InChI=1S/C16H15NO2/c1-12-6-7-14(10-17)16(8-12)19-15-5-3-4-13(9-15)11-18-2/h3-9H,11H2,1-2H3. The van der Waals surface area contributed by atoms with Crippen molar-refractivity contribution >= 4 is 0 Å². The van der Waals surface area contributed by atoms with Crippen LogP contribution in [0.25, 0.3) is 0 Å². The topological polar surface area (TPSA) is 42.2 Å². The van der Waals surface area contributed by atoms with Crippen molar-refractivity contribution in [2.75, 3.05) is 7.11 Å². The van der Waals surface area contributed by atoms with Gasteiger partial charge in [-0.1, -0.05) is 18.2 Å². The lowest BCUT2D eigenvalue weighted by molar-refractivity contribution is 0.184. The highest BCUT2D eigenvalue weighted by Gasteiger charge is 2.05. The van der Waals surface area contributed by atoms with Crippen LogP contribution in [0.5, 0.6) is 11.5 Å². The van der Waals surface area contributed by atoms with Gasteiger partial charge in [0.2, 0.25) is 0 Å². The molecule has 2 rings (SSSR count). The Morgan fingerprint density at radius 2 is 2.00 bits per heavy atom. The molecular formula is C16H15NO2. The first-order chi connectivity index (χ1) is 9.22. The highest BCUT2D eigenvalue weighted by atomic mass is 16.5. The van der Waals surface area contributed by atoms with Crippen LogP contribution >= 0.6 is 0 Å². The Balaban J connectivity index is 2.28. The number of aryl methyl sites for hydroxylation is 1. The molecule has 0 bridgehead atoms. The van der Waals surface area contributed by atoms with E-state index in [1.165, 1.54) is 0 Å². The molecule has 0 amide bonds. The summed E-state index contributed by atoms with van der Waals surface area (Å²) in [4.78, 5) is 0. The molecule has 0 N–H and O–H groups in total. The van der Waals surface area contributed by atoms with E-state index in [0.29, 0.717) is 23.7 Å². The molecule has 0 aromatic heterocycles. The largest absolute Gasteiger partial charge is 0.456 e. The van der Waals surface area contributed by atoms with Gasteiger partial charge in [-0.3, -0.25) is 0 Å². The number of hydrogen-bond donors (Lipinski definition) is 0. The van der Waals surface area contributed by atoms with Crippen LogP contribution in [0.15, 0.2) is 42.5 Å². The molecule has 3 heteroatoms. The fourth-order valence-electron chi connectivity index (χ4n) is 1.80. The zero-order valence-electron chi connectivity index (χ0n) is 11.0. The van der Waals surface area contributed by atoms with E-state index in [1.807, 2.05) is 43.3 Å². The van der Waals surface area contributed by atoms with Crippen molar-refractivity contribution in [2.24, 2.45) is 0 Å². The smallest absolute Gasteiger partial charge is 0.145 e. The van der Waals surface area contributed by atoms with Crippen LogP contribution < -0.4 is 4.74 Å². The molecule has 0 unspecified atom stereocenters. The van der Waals surface area contributed by atoms with Crippen LogP contribution in [0.4, 0.5) is 0 Å². The summed E-state index contributed by atoms with van der Waals surface area (Å²) in [5, 5.41) is 9.08. The third kappa shape index (κ3) is 3.34. The fourth-order valence-corrected chi connectivity index (χ4v) is 1.80. The average Bonchev–Trinajstić information content (AvgIpc) is 2.40. The van der Waals surface area contributed by atoms with Crippen molar-refractivity contribution < 1.29 is 9.47 Å². The van der Waals surface area contributed by atoms with Gasteiger partial charge in [-0.25, -0.2) is 0 Å². The molecule has 0 saturated heterocycles. The quantitative estimate of drug-likeness (QED) is 0.832. The minimum Gasteiger partial charge on any atom is -0.456 e. The molecule has 2 aromatic carbocycles. The molecule has 0 spiro atoms. The van der Waals surface area contributed by atoms with Crippen molar-refractivity contribution in [2.45, 2.75) is 13.5 Å². The maximum atomic E-state index is 9.08. The van der Waals surface area contributed by atoms with Crippen LogP contribution in [-0.4, -0.2) is 7.11 Å². The second kappa shape index (κ2) is 6.03. The maximum Gasteiger partial charge on any atom is 0.145 e. The second-order valence-electron chi connectivity index (χ2n) is 4.29. The van der Waals surface area contributed by atoms with Crippen LogP contribution in [0.2, 0.25) is 0 Å². The van der Waals surface area contributed by atoms with Gasteiger partial charge >= 0.3 is 0 Å². The van der Waals surface area contributed by atoms with Crippen LogP contribution in [-0.2, 0) is 11.3 Å². The number of benzene rings is 2. The first-order valence-corrected chi connectivity index (χ1v) is 5.99. The fraction of sp³-hybridized carbons (Fsp3) is 0.188. The number of hydrogen-bond acceptors (Lipinski definition) is 3. The summed E-state index contributed by atoms with van der Waals surface area (Å²) in [6.45, 7) is 2.51. The van der Waals surface area contributed by atoms with Gasteiger partial charge in [-0.2, -0.15) is 5.26 Å². The molecule has 96 valence electrons. The first-order valence-electron chi connectivity index (χ1n) is 5.99.